The minimum atomic E-state index is -2.12. The van der Waals surface area contributed by atoms with Gasteiger partial charge in [0.15, 0.2) is 8.24 Å². The molecular weight excluding hydrogens is 390 g/mol. The molecule has 1 saturated carbocycles. The molecule has 0 amide bonds. The highest BCUT2D eigenvalue weighted by Gasteiger charge is 2.59. The molecule has 29 heavy (non-hydrogen) atoms. The van der Waals surface area contributed by atoms with Gasteiger partial charge in [-0.15, -0.1) is 11.8 Å². The van der Waals surface area contributed by atoms with Gasteiger partial charge in [-0.2, -0.15) is 0 Å². The van der Waals surface area contributed by atoms with Crippen LogP contribution >= 0.6 is 11.8 Å². The number of nitrogens with one attached hydrogen (secondary N) is 1. The summed E-state index contributed by atoms with van der Waals surface area (Å²) in [6.07, 6.45) is 0. The maximum absolute atomic E-state index is 5.89. The van der Waals surface area contributed by atoms with Gasteiger partial charge in [0.05, 0.1) is 7.11 Å². The van der Waals surface area contributed by atoms with Crippen LogP contribution in [0.15, 0.2) is 53.4 Å². The second-order valence-corrected chi connectivity index (χ2v) is 15.2. The van der Waals surface area contributed by atoms with Gasteiger partial charge in [-0.25, -0.2) is 0 Å². The molecule has 1 N–H and O–H groups in total. The number of fused-ring (bicyclic) bond motifs is 3. The lowest BCUT2D eigenvalue weighted by Crippen LogP contribution is -2.68. The second-order valence-electron chi connectivity index (χ2n) is 10.2. The predicted octanol–water partition coefficient (Wildman–Crippen LogP) is 5.78. The first-order valence-corrected chi connectivity index (χ1v) is 14.3. The fraction of sp³-hybridized carbons (Fsp3) is 0.520. The fourth-order valence-electron chi connectivity index (χ4n) is 6.13. The lowest BCUT2D eigenvalue weighted by Gasteiger charge is -2.44. The molecule has 6 atom stereocenters. The highest BCUT2D eigenvalue weighted by molar-refractivity contribution is 8.00. The summed E-state index contributed by atoms with van der Waals surface area (Å²) in [7, 11) is -0.305. The molecule has 156 valence electrons. The van der Waals surface area contributed by atoms with Crippen LogP contribution in [0.25, 0.3) is 0 Å². The smallest absolute Gasteiger partial charge is 0.164 e. The van der Waals surface area contributed by atoms with Crippen LogP contribution in [0.2, 0.25) is 12.1 Å². The zero-order chi connectivity index (χ0) is 21.0. The van der Waals surface area contributed by atoms with E-state index in [-0.39, 0.29) is 5.54 Å². The Bertz CT molecular complexity index is 894. The van der Waals surface area contributed by atoms with E-state index >= 15 is 0 Å². The molecule has 2 nitrogen and oxygen atoms in total. The Morgan fingerprint density at radius 2 is 1.62 bits per heavy atom. The molecule has 0 bridgehead atoms. The van der Waals surface area contributed by atoms with E-state index in [1.54, 1.807) is 5.56 Å². The third-order valence-electron chi connectivity index (χ3n) is 7.18. The van der Waals surface area contributed by atoms with Crippen LogP contribution in [0.4, 0.5) is 0 Å². The Kier molecular flexibility index (Phi) is 5.42. The van der Waals surface area contributed by atoms with Crippen molar-refractivity contribution in [3.05, 3.63) is 54.1 Å². The van der Waals surface area contributed by atoms with Gasteiger partial charge in [-0.05, 0) is 61.0 Å². The number of hydrogen-bond donors (Lipinski definition) is 1. The van der Waals surface area contributed by atoms with Crippen LogP contribution in [0.3, 0.4) is 0 Å². The Balaban J connectivity index is 1.85. The predicted molar refractivity (Wildman–Crippen MR) is 128 cm³/mol. The van der Waals surface area contributed by atoms with E-state index in [1.165, 1.54) is 10.1 Å². The second kappa shape index (κ2) is 7.47. The lowest BCUT2D eigenvalue weighted by molar-refractivity contribution is 0.409. The van der Waals surface area contributed by atoms with Gasteiger partial charge in [0.25, 0.3) is 0 Å². The molecule has 2 aromatic rings. The minimum absolute atomic E-state index is 0.0546. The first kappa shape index (κ1) is 21.0. The van der Waals surface area contributed by atoms with E-state index in [1.807, 2.05) is 7.11 Å². The third kappa shape index (κ3) is 3.47. The Morgan fingerprint density at radius 1 is 0.966 bits per heavy atom. The summed E-state index contributed by atoms with van der Waals surface area (Å²) in [6.45, 7) is 14.5. The van der Waals surface area contributed by atoms with Gasteiger partial charge in [-0.1, -0.05) is 56.8 Å². The maximum Gasteiger partial charge on any atom is 0.164 e. The quantitative estimate of drug-likeness (QED) is 0.627. The number of thioether (sulfide) groups is 1. The maximum atomic E-state index is 5.89. The zero-order valence-electron chi connectivity index (χ0n) is 18.8. The third-order valence-corrected chi connectivity index (χ3v) is 13.9. The molecule has 4 heteroatoms. The summed E-state index contributed by atoms with van der Waals surface area (Å²) in [6, 6.07) is 17.9. The lowest BCUT2D eigenvalue weighted by atomic mass is 9.87. The summed E-state index contributed by atoms with van der Waals surface area (Å²) in [5, 5.41) is 2.05. The average Bonchev–Trinajstić information content (AvgIpc) is 3.15. The summed E-state index contributed by atoms with van der Waals surface area (Å²) in [4.78, 5) is 5.70. The van der Waals surface area contributed by atoms with Gasteiger partial charge >= 0.3 is 0 Å². The molecule has 2 aliphatic rings. The van der Waals surface area contributed by atoms with Crippen molar-refractivity contribution in [3.8, 4) is 5.75 Å². The van der Waals surface area contributed by atoms with Crippen LogP contribution in [-0.4, -0.2) is 26.1 Å². The van der Waals surface area contributed by atoms with Crippen molar-refractivity contribution >= 4 is 25.2 Å². The van der Waals surface area contributed by atoms with Crippen molar-refractivity contribution in [2.45, 2.75) is 68.3 Å². The number of ether oxygens (including phenoxy) is 1. The molecule has 1 fully saturated rings. The van der Waals surface area contributed by atoms with Crippen LogP contribution in [0, 0.1) is 11.8 Å². The summed E-state index contributed by atoms with van der Waals surface area (Å²) in [5.41, 5.74) is 2.27. The zero-order valence-corrected chi connectivity index (χ0v) is 20.6. The first-order chi connectivity index (χ1) is 13.7. The molecule has 6 unspecified atom stereocenters. The van der Waals surface area contributed by atoms with Crippen LogP contribution < -0.4 is 14.9 Å². The largest absolute Gasteiger partial charge is 0.497 e. The van der Waals surface area contributed by atoms with E-state index in [0.717, 1.165) is 5.75 Å². The topological polar surface area (TPSA) is 21.3 Å². The van der Waals surface area contributed by atoms with Gasteiger partial charge in [-0.3, -0.25) is 0 Å². The standard InChI is InChI=1S/C25H35NOSSi/c1-16-17(2)24(23-22(16)18-12-8-10-14-20(18)28-23)29(7,26-25(3,4)5)21-15-11-9-13-19(21)27-6/h8-17,22-24,26H,1-7H3. The Labute approximate surface area is 181 Å². The molecule has 0 saturated heterocycles. The van der Waals surface area contributed by atoms with Crippen LogP contribution in [0.5, 0.6) is 5.75 Å². The van der Waals surface area contributed by atoms with Gasteiger partial charge in [0.2, 0.25) is 0 Å². The summed E-state index contributed by atoms with van der Waals surface area (Å²) >= 11 is 2.14. The SMILES string of the molecule is COc1ccccc1[Si](C)(NC(C)(C)C)C1C(C)C(C)C2c3ccccc3SC21. The number of rotatable bonds is 4. The number of methoxy groups -OCH3 is 1. The molecule has 2 aromatic carbocycles. The molecule has 4 rings (SSSR count). The number of benzene rings is 2. The molecule has 0 spiro atoms. The van der Waals surface area contributed by atoms with Crippen molar-refractivity contribution in [1.29, 1.82) is 0 Å². The molecular formula is C25H35NOSSi. The number of para-hydroxylation sites is 1. The van der Waals surface area contributed by atoms with Gasteiger partial charge < -0.3 is 9.72 Å². The molecule has 1 aliphatic carbocycles. The fourth-order valence-corrected chi connectivity index (χ4v) is 14.5. The average molecular weight is 426 g/mol. The molecule has 1 aliphatic heterocycles. The van der Waals surface area contributed by atoms with E-state index in [0.29, 0.717) is 28.5 Å². The van der Waals surface area contributed by atoms with E-state index in [9.17, 15) is 0 Å². The minimum Gasteiger partial charge on any atom is -0.497 e. The normalized spacial score (nSPS) is 30.5. The van der Waals surface area contributed by atoms with E-state index in [2.05, 4.69) is 106 Å². The summed E-state index contributed by atoms with van der Waals surface area (Å²) in [5.74, 6) is 3.05. The van der Waals surface area contributed by atoms with Crippen LogP contribution in [0.1, 0.15) is 46.1 Å². The molecule has 0 aromatic heterocycles. The number of hydrogen-bond acceptors (Lipinski definition) is 3. The van der Waals surface area contributed by atoms with E-state index in [4.69, 9.17) is 4.74 Å². The molecule has 0 radical (unpaired) electrons. The monoisotopic (exact) mass is 425 g/mol. The van der Waals surface area contributed by atoms with Gasteiger partial charge in [0, 0.05) is 21.6 Å². The Morgan fingerprint density at radius 3 is 2.31 bits per heavy atom. The van der Waals surface area contributed by atoms with Crippen molar-refractivity contribution in [2.24, 2.45) is 11.8 Å². The van der Waals surface area contributed by atoms with Crippen LogP contribution in [-0.2, 0) is 0 Å². The highest BCUT2D eigenvalue weighted by Crippen LogP contribution is 2.64. The van der Waals surface area contributed by atoms with E-state index < -0.39 is 8.24 Å². The highest BCUT2D eigenvalue weighted by atomic mass is 32.2. The molecule has 1 heterocycles. The van der Waals surface area contributed by atoms with Crippen molar-refractivity contribution in [1.82, 2.24) is 4.98 Å². The first-order valence-electron chi connectivity index (χ1n) is 10.9. The van der Waals surface area contributed by atoms with Crippen molar-refractivity contribution in [3.63, 3.8) is 0 Å². The van der Waals surface area contributed by atoms with Gasteiger partial charge in [0.1, 0.15) is 5.75 Å². The van der Waals surface area contributed by atoms with Crippen molar-refractivity contribution in [2.75, 3.05) is 7.11 Å². The Hall–Kier alpha value is -1.23. The summed E-state index contributed by atoms with van der Waals surface area (Å²) < 4.78 is 5.89. The van der Waals surface area contributed by atoms with Crippen molar-refractivity contribution < 1.29 is 4.74 Å².